The zero-order chi connectivity index (χ0) is 31.3. The molecule has 0 atom stereocenters. The molecule has 0 spiro atoms. The summed E-state index contributed by atoms with van der Waals surface area (Å²) < 4.78 is 0. The number of carbonyl (C=O) groups excluding carboxylic acids is 2. The van der Waals surface area contributed by atoms with Gasteiger partial charge in [-0.15, -0.1) is 0 Å². The number of carboxylic acids is 2. The first-order valence-corrected chi connectivity index (χ1v) is 13.4. The molecule has 0 heterocycles. The molecular weight excluding hydrogens is 567 g/mol. The second-order valence-corrected chi connectivity index (χ2v) is 11.4. The molecule has 0 saturated carbocycles. The molecule has 0 aliphatic rings. The predicted octanol–water partition coefficient (Wildman–Crippen LogP) is 3.87. The zero-order valence-electron chi connectivity index (χ0n) is 26.0. The van der Waals surface area contributed by atoms with Crippen molar-refractivity contribution in [1.82, 2.24) is 0 Å². The van der Waals surface area contributed by atoms with Crippen LogP contribution >= 0.6 is 0 Å². The number of aliphatic carboxylic acids is 2. The van der Waals surface area contributed by atoms with Gasteiger partial charge >= 0.3 is 16.8 Å². The van der Waals surface area contributed by atoms with E-state index in [4.69, 9.17) is 19.8 Å². The van der Waals surface area contributed by atoms with Crippen LogP contribution < -0.4 is 10.2 Å². The summed E-state index contributed by atoms with van der Waals surface area (Å²) in [6.07, 6.45) is 5.30. The Hall–Kier alpha value is -3.17. The molecule has 41 heavy (non-hydrogen) atoms. The third kappa shape index (κ3) is 15.4. The van der Waals surface area contributed by atoms with E-state index in [2.05, 4.69) is 77.5 Å². The zero-order valence-corrected chi connectivity index (χ0v) is 27.1. The van der Waals surface area contributed by atoms with Crippen LogP contribution in [-0.4, -0.2) is 47.7 Å². The third-order valence-corrected chi connectivity index (χ3v) is 5.65. The van der Waals surface area contributed by atoms with Gasteiger partial charge in [-0.2, -0.15) is 0 Å². The quantitative estimate of drug-likeness (QED) is 0.358. The topological polar surface area (TPSA) is 145 Å². The van der Waals surface area contributed by atoms with Crippen LogP contribution in [0.5, 0.6) is 11.5 Å². The van der Waals surface area contributed by atoms with Crippen molar-refractivity contribution in [2.45, 2.75) is 92.9 Å². The van der Waals surface area contributed by atoms with Crippen molar-refractivity contribution in [3.63, 3.8) is 0 Å². The van der Waals surface area contributed by atoms with E-state index in [0.717, 1.165) is 48.9 Å². The van der Waals surface area contributed by atoms with Crippen LogP contribution in [0.1, 0.15) is 103 Å². The summed E-state index contributed by atoms with van der Waals surface area (Å²) in [5.74, 6) is -1.56. The molecule has 9 heteroatoms. The molecular formula is C32H46CoN2O6. The monoisotopic (exact) mass is 613 g/mol. The van der Waals surface area contributed by atoms with Crippen molar-refractivity contribution in [1.29, 1.82) is 0 Å². The normalized spacial score (nSPS) is 11.3. The fourth-order valence-corrected chi connectivity index (χ4v) is 3.63. The molecule has 2 aromatic carbocycles. The summed E-state index contributed by atoms with van der Waals surface area (Å²) in [7, 11) is 0. The summed E-state index contributed by atoms with van der Waals surface area (Å²) >= 11 is 0. The Labute approximate surface area is 255 Å². The molecule has 0 amide bonds. The van der Waals surface area contributed by atoms with Crippen molar-refractivity contribution in [3.8, 4) is 11.5 Å². The number of phenols is 2. The molecule has 2 rings (SSSR count). The SMILES string of the molecule is CC(=O)[O-].CC(=O)[O-].CCc1cc(C=NCCN=Cc2cc(CC)cc(C(C)(C)C)c2O)c(O)c(C(C)(C)C)c1.[Co+2]. The van der Waals surface area contributed by atoms with Crippen LogP contribution in [0, 0.1) is 0 Å². The van der Waals surface area contributed by atoms with Crippen LogP contribution in [0.15, 0.2) is 34.3 Å². The number of nitrogens with zero attached hydrogens (tertiary/aromatic N) is 2. The molecule has 8 nitrogen and oxygen atoms in total. The molecule has 0 unspecified atom stereocenters. The third-order valence-electron chi connectivity index (χ3n) is 5.65. The number of carboxylic acid groups (broad SMARTS) is 2. The van der Waals surface area contributed by atoms with Crippen LogP contribution in [0.25, 0.3) is 0 Å². The largest absolute Gasteiger partial charge is 2.00 e. The predicted molar refractivity (Wildman–Crippen MR) is 159 cm³/mol. The molecule has 0 fully saturated rings. The van der Waals surface area contributed by atoms with Crippen molar-refractivity contribution in [3.05, 3.63) is 57.6 Å². The average molecular weight is 614 g/mol. The minimum atomic E-state index is -1.08. The van der Waals surface area contributed by atoms with Gasteiger partial charge in [0, 0.05) is 46.6 Å². The molecule has 229 valence electrons. The Morgan fingerprint density at radius 3 is 1.20 bits per heavy atom. The fourth-order valence-electron chi connectivity index (χ4n) is 3.63. The Morgan fingerprint density at radius 1 is 0.707 bits per heavy atom. The van der Waals surface area contributed by atoms with Gasteiger partial charge in [0.15, 0.2) is 0 Å². The smallest absolute Gasteiger partial charge is 0.550 e. The van der Waals surface area contributed by atoms with Gasteiger partial charge in [-0.05, 0) is 60.8 Å². The van der Waals surface area contributed by atoms with Gasteiger partial charge in [0.25, 0.3) is 0 Å². The van der Waals surface area contributed by atoms with Gasteiger partial charge in [0.1, 0.15) is 11.5 Å². The molecule has 0 bridgehead atoms. The van der Waals surface area contributed by atoms with Crippen LogP contribution in [0.3, 0.4) is 0 Å². The standard InChI is InChI=1S/C28H40N2O2.2C2H4O2.Co/c1-9-19-13-21(25(31)23(15-19)27(3,4)5)17-29-11-12-30-18-22-14-20(10-2)16-24(26(22)32)28(6,7)8;2*1-2(3)4;/h13-18,31-32H,9-12H2,1-8H3;2*1H3,(H,3,4);/q;;;+2/p-2. The van der Waals surface area contributed by atoms with Gasteiger partial charge in [-0.3, -0.25) is 9.98 Å². The van der Waals surface area contributed by atoms with Gasteiger partial charge in [0.05, 0.1) is 13.1 Å². The van der Waals surface area contributed by atoms with Crippen LogP contribution in [0.4, 0.5) is 0 Å². The van der Waals surface area contributed by atoms with E-state index >= 15 is 0 Å². The minimum absolute atomic E-state index is 0. The number of phenolic OH excluding ortho intramolecular Hbond substituents is 2. The molecule has 1 radical (unpaired) electrons. The van der Waals surface area contributed by atoms with Crippen LogP contribution in [0.2, 0.25) is 0 Å². The number of aromatic hydroxyl groups is 2. The molecule has 2 aromatic rings. The van der Waals surface area contributed by atoms with E-state index < -0.39 is 11.9 Å². The number of hydrogen-bond acceptors (Lipinski definition) is 8. The number of rotatable bonds is 7. The van der Waals surface area contributed by atoms with E-state index in [1.54, 1.807) is 12.4 Å². The van der Waals surface area contributed by atoms with E-state index in [1.807, 2.05) is 12.1 Å². The van der Waals surface area contributed by atoms with Gasteiger partial charge in [0.2, 0.25) is 0 Å². The first kappa shape index (κ1) is 40.0. The maximum atomic E-state index is 10.7. The second kappa shape index (κ2) is 18.3. The van der Waals surface area contributed by atoms with Gasteiger partial charge < -0.3 is 30.0 Å². The van der Waals surface area contributed by atoms with Crippen molar-refractivity contribution in [2.24, 2.45) is 9.98 Å². The number of carbonyl (C=O) groups is 2. The molecule has 0 aliphatic heterocycles. The number of aliphatic imine (C=N–C) groups is 2. The second-order valence-electron chi connectivity index (χ2n) is 11.4. The molecule has 2 N–H and O–H groups in total. The maximum Gasteiger partial charge on any atom is 2.00 e. The van der Waals surface area contributed by atoms with E-state index in [0.29, 0.717) is 24.6 Å². The summed E-state index contributed by atoms with van der Waals surface area (Å²) in [6, 6.07) is 8.17. The van der Waals surface area contributed by atoms with Gasteiger partial charge in [-0.25, -0.2) is 0 Å². The Kier molecular flexibility index (Phi) is 17.8. The molecule has 0 aliphatic carbocycles. The van der Waals surface area contributed by atoms with Gasteiger partial charge in [-0.1, -0.05) is 67.5 Å². The first-order chi connectivity index (χ1) is 18.3. The van der Waals surface area contributed by atoms with E-state index in [-0.39, 0.29) is 27.6 Å². The summed E-state index contributed by atoms with van der Waals surface area (Å²) in [4.78, 5) is 26.7. The van der Waals surface area contributed by atoms with Crippen molar-refractivity contribution < 1.29 is 46.8 Å². The van der Waals surface area contributed by atoms with Crippen molar-refractivity contribution >= 4 is 24.4 Å². The summed E-state index contributed by atoms with van der Waals surface area (Å²) in [6.45, 7) is 19.8. The molecule has 0 aromatic heterocycles. The number of benzene rings is 2. The Bertz CT molecular complexity index is 1090. The summed E-state index contributed by atoms with van der Waals surface area (Å²) in [5.41, 5.74) is 5.49. The fraction of sp³-hybridized carbons (Fsp3) is 0.500. The van der Waals surface area contributed by atoms with Crippen molar-refractivity contribution in [2.75, 3.05) is 13.1 Å². The van der Waals surface area contributed by atoms with E-state index in [1.165, 1.54) is 11.1 Å². The Balaban J connectivity index is 0. The average Bonchev–Trinajstić information content (AvgIpc) is 2.80. The Morgan fingerprint density at radius 2 is 0.976 bits per heavy atom. The molecule has 0 saturated heterocycles. The number of aryl methyl sites for hydroxylation is 2. The minimum Gasteiger partial charge on any atom is -0.550 e. The van der Waals surface area contributed by atoms with E-state index in [9.17, 15) is 10.2 Å². The first-order valence-electron chi connectivity index (χ1n) is 13.4. The summed E-state index contributed by atoms with van der Waals surface area (Å²) in [5, 5.41) is 39.2. The number of hydrogen-bond donors (Lipinski definition) is 2. The maximum absolute atomic E-state index is 10.7. The van der Waals surface area contributed by atoms with Crippen LogP contribution in [-0.2, 0) is 50.0 Å².